The third-order valence-corrected chi connectivity index (χ3v) is 5.93. The Kier molecular flexibility index (Phi) is 5.00. The number of sulfone groups is 1. The number of rotatable bonds is 5. The minimum absolute atomic E-state index is 0.109. The van der Waals surface area contributed by atoms with E-state index in [1.807, 2.05) is 24.3 Å². The summed E-state index contributed by atoms with van der Waals surface area (Å²) in [5, 5.41) is -0.775. The topological polar surface area (TPSA) is 69.7 Å². The summed E-state index contributed by atoms with van der Waals surface area (Å²) >= 11 is 0. The van der Waals surface area contributed by atoms with Gasteiger partial charge in [0.2, 0.25) is 0 Å². The maximum atomic E-state index is 12.4. The fourth-order valence-electron chi connectivity index (χ4n) is 2.44. The highest BCUT2D eigenvalue weighted by atomic mass is 32.2. The van der Waals surface area contributed by atoms with Crippen LogP contribution in [0.15, 0.2) is 24.3 Å². The third-order valence-electron chi connectivity index (χ3n) is 3.77. The van der Waals surface area contributed by atoms with Crippen LogP contribution in [0.5, 0.6) is 0 Å². The quantitative estimate of drug-likeness (QED) is 0.774. The molecular formula is C15H20O5S. The summed E-state index contributed by atoms with van der Waals surface area (Å²) in [5.41, 5.74) is 2.06. The molecule has 0 saturated carbocycles. The number of carbonyl (C=O) groups excluding carboxylic acids is 1. The van der Waals surface area contributed by atoms with Gasteiger partial charge in [-0.1, -0.05) is 24.3 Å². The minimum atomic E-state index is -3.43. The number of carbonyl (C=O) groups is 1. The van der Waals surface area contributed by atoms with Crippen molar-refractivity contribution in [3.63, 3.8) is 0 Å². The molecule has 1 aromatic carbocycles. The number of benzene rings is 1. The van der Waals surface area contributed by atoms with Crippen molar-refractivity contribution in [3.05, 3.63) is 35.4 Å². The van der Waals surface area contributed by atoms with Crippen molar-refractivity contribution >= 4 is 15.8 Å². The van der Waals surface area contributed by atoms with Crippen LogP contribution in [-0.4, -0.2) is 39.1 Å². The zero-order chi connectivity index (χ0) is 15.5. The SMILES string of the molecule is COC(=O)CC(C)S(=O)(=O)CC1OCCc2ccccc21. The standard InChI is InChI=1S/C15H20O5S/c1-11(9-15(16)19-2)21(17,18)10-14-13-6-4-3-5-12(13)7-8-20-14/h3-6,11,14H,7-10H2,1-2H3. The molecule has 1 heterocycles. The van der Waals surface area contributed by atoms with Crippen LogP contribution in [0.1, 0.15) is 30.6 Å². The Morgan fingerprint density at radius 1 is 1.43 bits per heavy atom. The first-order valence-electron chi connectivity index (χ1n) is 6.92. The maximum Gasteiger partial charge on any atom is 0.306 e. The van der Waals surface area contributed by atoms with Crippen molar-refractivity contribution in [2.24, 2.45) is 0 Å². The number of hydrogen-bond acceptors (Lipinski definition) is 5. The second-order valence-corrected chi connectivity index (χ2v) is 7.69. The average molecular weight is 312 g/mol. The van der Waals surface area contributed by atoms with Crippen molar-refractivity contribution in [1.29, 1.82) is 0 Å². The van der Waals surface area contributed by atoms with Gasteiger partial charge in [-0.2, -0.15) is 0 Å². The first kappa shape index (κ1) is 16.0. The molecule has 0 fully saturated rings. The van der Waals surface area contributed by atoms with Crippen LogP contribution < -0.4 is 0 Å². The van der Waals surface area contributed by atoms with Crippen LogP contribution >= 0.6 is 0 Å². The molecule has 5 nitrogen and oxygen atoms in total. The van der Waals surface area contributed by atoms with Crippen LogP contribution in [0, 0.1) is 0 Å². The van der Waals surface area contributed by atoms with Crippen LogP contribution in [0.25, 0.3) is 0 Å². The summed E-state index contributed by atoms with van der Waals surface area (Å²) < 4.78 is 34.9. The highest BCUT2D eigenvalue weighted by Gasteiger charge is 2.31. The molecule has 116 valence electrons. The molecule has 1 aliphatic rings. The fraction of sp³-hybridized carbons (Fsp3) is 0.533. The van der Waals surface area contributed by atoms with E-state index in [4.69, 9.17) is 4.74 Å². The maximum absolute atomic E-state index is 12.4. The summed E-state index contributed by atoms with van der Waals surface area (Å²) in [6.45, 7) is 2.05. The van der Waals surface area contributed by atoms with Crippen LogP contribution in [0.2, 0.25) is 0 Å². The van der Waals surface area contributed by atoms with E-state index in [1.54, 1.807) is 0 Å². The molecule has 1 aliphatic heterocycles. The summed E-state index contributed by atoms with van der Waals surface area (Å²) in [5.74, 6) is -0.627. The van der Waals surface area contributed by atoms with E-state index < -0.39 is 27.2 Å². The summed E-state index contributed by atoms with van der Waals surface area (Å²) in [6.07, 6.45) is 0.206. The van der Waals surface area contributed by atoms with Gasteiger partial charge in [0.25, 0.3) is 0 Å². The van der Waals surface area contributed by atoms with Gasteiger partial charge in [0.05, 0.1) is 37.2 Å². The Balaban J connectivity index is 2.13. The Morgan fingerprint density at radius 3 is 2.86 bits per heavy atom. The molecule has 1 aromatic rings. The van der Waals surface area contributed by atoms with Gasteiger partial charge in [-0.15, -0.1) is 0 Å². The van der Waals surface area contributed by atoms with Gasteiger partial charge >= 0.3 is 5.97 Å². The average Bonchev–Trinajstić information content (AvgIpc) is 2.47. The van der Waals surface area contributed by atoms with Crippen molar-refractivity contribution in [2.45, 2.75) is 31.1 Å². The molecule has 0 aliphatic carbocycles. The predicted octanol–water partition coefficient (Wildman–Crippen LogP) is 1.67. The molecule has 6 heteroatoms. The van der Waals surface area contributed by atoms with E-state index >= 15 is 0 Å². The molecular weight excluding hydrogens is 292 g/mol. The largest absolute Gasteiger partial charge is 0.469 e. The highest BCUT2D eigenvalue weighted by Crippen LogP contribution is 2.29. The predicted molar refractivity (Wildman–Crippen MR) is 78.7 cm³/mol. The molecule has 21 heavy (non-hydrogen) atoms. The Bertz CT molecular complexity index is 608. The lowest BCUT2D eigenvalue weighted by molar-refractivity contribution is -0.140. The number of methoxy groups -OCH3 is 1. The van der Waals surface area contributed by atoms with E-state index in [2.05, 4.69) is 4.74 Å². The molecule has 0 saturated heterocycles. The molecule has 0 bridgehead atoms. The molecule has 0 amide bonds. The highest BCUT2D eigenvalue weighted by molar-refractivity contribution is 7.92. The number of esters is 1. The monoisotopic (exact) mass is 312 g/mol. The number of fused-ring (bicyclic) bond motifs is 1. The van der Waals surface area contributed by atoms with Crippen LogP contribution in [-0.2, 0) is 30.5 Å². The Hall–Kier alpha value is -1.40. The normalized spacial score (nSPS) is 19.6. The van der Waals surface area contributed by atoms with Crippen LogP contribution in [0.4, 0.5) is 0 Å². The molecule has 2 rings (SSSR count). The lowest BCUT2D eigenvalue weighted by Crippen LogP contribution is -2.30. The van der Waals surface area contributed by atoms with Crippen molar-refractivity contribution in [2.75, 3.05) is 19.5 Å². The van der Waals surface area contributed by atoms with Crippen LogP contribution in [0.3, 0.4) is 0 Å². The second kappa shape index (κ2) is 6.58. The van der Waals surface area contributed by atoms with Crippen molar-refractivity contribution < 1.29 is 22.7 Å². The molecule has 0 spiro atoms. The van der Waals surface area contributed by atoms with E-state index in [0.717, 1.165) is 17.5 Å². The molecule has 2 atom stereocenters. The van der Waals surface area contributed by atoms with Gasteiger partial charge in [0.15, 0.2) is 9.84 Å². The van der Waals surface area contributed by atoms with E-state index in [-0.39, 0.29) is 12.2 Å². The van der Waals surface area contributed by atoms with Gasteiger partial charge in [-0.05, 0) is 24.5 Å². The van der Waals surface area contributed by atoms with Gasteiger partial charge < -0.3 is 9.47 Å². The van der Waals surface area contributed by atoms with Crippen molar-refractivity contribution in [1.82, 2.24) is 0 Å². The van der Waals surface area contributed by atoms with Gasteiger partial charge in [0, 0.05) is 0 Å². The van der Waals surface area contributed by atoms with Gasteiger partial charge in [-0.25, -0.2) is 8.42 Å². The first-order valence-corrected chi connectivity index (χ1v) is 8.63. The zero-order valence-corrected chi connectivity index (χ0v) is 13.1. The molecule has 0 aromatic heterocycles. The summed E-state index contributed by atoms with van der Waals surface area (Å²) in [6, 6.07) is 7.72. The van der Waals surface area contributed by atoms with Gasteiger partial charge in [0.1, 0.15) is 0 Å². The first-order chi connectivity index (χ1) is 9.94. The number of hydrogen-bond donors (Lipinski definition) is 0. The van der Waals surface area contributed by atoms with Gasteiger partial charge in [-0.3, -0.25) is 4.79 Å². The Morgan fingerprint density at radius 2 is 2.14 bits per heavy atom. The fourth-order valence-corrected chi connectivity index (χ4v) is 3.85. The minimum Gasteiger partial charge on any atom is -0.469 e. The molecule has 0 radical (unpaired) electrons. The second-order valence-electron chi connectivity index (χ2n) is 5.23. The third kappa shape index (κ3) is 3.83. The summed E-state index contributed by atoms with van der Waals surface area (Å²) in [4.78, 5) is 11.2. The molecule has 2 unspecified atom stereocenters. The van der Waals surface area contributed by atoms with E-state index in [1.165, 1.54) is 14.0 Å². The smallest absolute Gasteiger partial charge is 0.306 e. The zero-order valence-electron chi connectivity index (χ0n) is 12.2. The summed E-state index contributed by atoms with van der Waals surface area (Å²) in [7, 11) is -2.18. The van der Waals surface area contributed by atoms with E-state index in [9.17, 15) is 13.2 Å². The Labute approximate surface area is 125 Å². The lowest BCUT2D eigenvalue weighted by Gasteiger charge is -2.26. The number of ether oxygens (including phenoxy) is 2. The van der Waals surface area contributed by atoms with Crippen molar-refractivity contribution in [3.8, 4) is 0 Å². The molecule has 0 N–H and O–H groups in total. The van der Waals surface area contributed by atoms with E-state index in [0.29, 0.717) is 6.61 Å². The lowest BCUT2D eigenvalue weighted by atomic mass is 9.99.